The average Bonchev–Trinajstić information content (AvgIpc) is 0.801. The molecule has 9 aromatic rings. The van der Waals surface area contributed by atoms with Gasteiger partial charge in [0.05, 0.1) is 81.6 Å². The molecule has 0 aliphatic carbocycles. The van der Waals surface area contributed by atoms with Crippen LogP contribution in [0.15, 0.2) is 194 Å². The van der Waals surface area contributed by atoms with E-state index in [9.17, 15) is 105 Å². The average molecular weight is 1500 g/mol. The van der Waals surface area contributed by atoms with Crippen molar-refractivity contribution in [3.8, 4) is 0 Å². The van der Waals surface area contributed by atoms with Gasteiger partial charge in [-0.05, 0) is 72.8 Å². The fourth-order valence-corrected chi connectivity index (χ4v) is 17.4. The number of nitrogens with zero attached hydrogens (tertiary/aromatic N) is 1. The number of hydrogen-bond donors (Lipinski definition) is 0. The van der Waals surface area contributed by atoms with Crippen LogP contribution in [0.2, 0.25) is 0 Å². The summed E-state index contributed by atoms with van der Waals surface area (Å²) >= 11 is 0. The molecule has 0 aromatic heterocycles. The minimum Gasteiger partial charge on any atom is -0.0620 e. The van der Waals surface area contributed by atoms with E-state index < -0.39 is 211 Å². The molecule has 0 radical (unpaired) electrons. The summed E-state index contributed by atoms with van der Waals surface area (Å²) in [5, 5.41) is 12.8. The molecule has 98 heavy (non-hydrogen) atoms. The number of alkyl halides is 24. The SMILES string of the molecule is Cc1c(C)c(C)[c-](C)c1C.FC(F)(F)c1cc([B-](c2cc(C(F)(F)F)cc(C(F)(F)F)c2)(c2cc(C(F)(F)F)cc(C(F)(F)F)c2)c2cc(C(F)(F)F)cc(C(F)(F)F)c2)cc(C(F)(F)F)c1.N#P.[Fe+2].c1ccc([PH+](CC[PH+](c2ccccc2)c2ccccc2)c2ccccc2)cc1. The van der Waals surface area contributed by atoms with Crippen LogP contribution in [0.5, 0.6) is 0 Å². The molecule has 0 aliphatic rings. The number of benzene rings is 8. The molecule has 0 heterocycles. The largest absolute Gasteiger partial charge is 2.00 e. The molecular weight excluding hydrogens is 1450 g/mol. The van der Waals surface area contributed by atoms with Crippen LogP contribution in [0, 0.1) is 39.6 Å². The maximum Gasteiger partial charge on any atom is 2.00 e. The molecule has 0 N–H and O–H groups in total. The van der Waals surface area contributed by atoms with Crippen molar-refractivity contribution in [2.24, 2.45) is 0 Å². The van der Waals surface area contributed by atoms with Crippen LogP contribution >= 0.6 is 24.7 Å². The molecule has 0 atom stereocenters. The second kappa shape index (κ2) is 31.7. The van der Waals surface area contributed by atoms with Crippen LogP contribution in [0.3, 0.4) is 0 Å². The first-order valence-corrected chi connectivity index (χ1v) is 32.2. The van der Waals surface area contributed by atoms with E-state index in [2.05, 4.69) is 165 Å². The molecule has 30 heteroatoms. The zero-order chi connectivity index (χ0) is 72.8. The smallest absolute Gasteiger partial charge is 0.0620 e. The van der Waals surface area contributed by atoms with Crippen LogP contribution in [-0.2, 0) is 66.5 Å². The van der Waals surface area contributed by atoms with E-state index in [1.807, 2.05) is 0 Å². The Balaban J connectivity index is 0.000000345. The molecule has 0 fully saturated rings. The third kappa shape index (κ3) is 19.9. The topological polar surface area (TPSA) is 23.8 Å². The van der Waals surface area contributed by atoms with E-state index in [-0.39, 0.29) is 17.1 Å². The Bertz CT molecular complexity index is 3460. The zero-order valence-corrected chi connectivity index (χ0v) is 55.3. The van der Waals surface area contributed by atoms with Gasteiger partial charge in [-0.2, -0.15) is 155 Å². The Hall–Kier alpha value is -6.99. The van der Waals surface area contributed by atoms with Crippen molar-refractivity contribution in [2.75, 3.05) is 12.3 Å². The Labute approximate surface area is 561 Å². The third-order valence-electron chi connectivity index (χ3n) is 16.4. The van der Waals surface area contributed by atoms with E-state index in [0.717, 1.165) is 0 Å². The molecule has 0 aliphatic heterocycles. The molecule has 0 saturated heterocycles. The summed E-state index contributed by atoms with van der Waals surface area (Å²) < 4.78 is 341. The van der Waals surface area contributed by atoms with Gasteiger partial charge in [0.1, 0.15) is 18.5 Å². The van der Waals surface area contributed by atoms with Gasteiger partial charge >= 0.3 is 80.4 Å². The number of rotatable bonds is 11. The fraction of sp³-hybridized carbons (Fsp3) is 0.221. The number of halogens is 24. The predicted octanol–water partition coefficient (Wildman–Crippen LogP) is 19.8. The van der Waals surface area contributed by atoms with Crippen LogP contribution < -0.4 is 43.1 Å². The molecule has 0 bridgehead atoms. The molecule has 0 saturated carbocycles. The maximum absolute atomic E-state index is 14.2. The quantitative estimate of drug-likeness (QED) is 0.0548. The molecule has 0 unspecified atom stereocenters. The molecule has 522 valence electrons. The number of hydrogen-bond acceptors (Lipinski definition) is 1. The van der Waals surface area contributed by atoms with Crippen molar-refractivity contribution in [3.05, 3.63) is 266 Å². The predicted molar refractivity (Wildman–Crippen MR) is 335 cm³/mol. The standard InChI is InChI=1S/C32H12BF24.C26H24P2.C10H15.Fe.NP/c34-25(35,36)13-1-14(26(37,38)39)6-21(5-13)33(22-7-15(27(40,41)42)2-16(8-22)28(43,44)45,23-9-17(29(46,47)48)3-18(10-23)30(49,50)51)24-11-19(31(52,53)54)4-20(12-24)32(55,56)57;1-5-13-23(14-6-1)27(24-15-7-2-8-16-24)21-22-28(25-17-9-3-10-18-25)26-19-11-4-12-20-26;1-6-7(2)9(4)10(5)8(6)3;;1-2/h1-12H;1-20H,21-22H2;1-5H3;;/q-1;;-1;+2;/p+2. The normalized spacial score (nSPS) is 12.6. The Morgan fingerprint density at radius 1 is 0.296 bits per heavy atom. The van der Waals surface area contributed by atoms with E-state index in [1.54, 1.807) is 0 Å². The van der Waals surface area contributed by atoms with Crippen molar-refractivity contribution in [1.29, 1.82) is 5.00 Å². The summed E-state index contributed by atoms with van der Waals surface area (Å²) in [5.41, 5.74) is -22.9. The van der Waals surface area contributed by atoms with Gasteiger partial charge in [0.2, 0.25) is 0 Å². The first kappa shape index (κ1) is 81.7. The van der Waals surface area contributed by atoms with Crippen molar-refractivity contribution in [1.82, 2.24) is 0 Å². The van der Waals surface area contributed by atoms with E-state index >= 15 is 0 Å². The van der Waals surface area contributed by atoms with Crippen molar-refractivity contribution in [2.45, 2.75) is 84.0 Å². The van der Waals surface area contributed by atoms with Gasteiger partial charge in [-0.3, -0.25) is 0 Å². The molecule has 9 aromatic carbocycles. The van der Waals surface area contributed by atoms with Gasteiger partial charge in [0.15, 0.2) is 0 Å². The van der Waals surface area contributed by atoms with Crippen LogP contribution in [-0.4, -0.2) is 18.5 Å². The summed E-state index contributed by atoms with van der Waals surface area (Å²) in [6.45, 7) is 11.0. The minimum absolute atomic E-state index is 0. The summed E-state index contributed by atoms with van der Waals surface area (Å²) in [7, 11) is 0.961. The first-order valence-electron chi connectivity index (χ1n) is 28.4. The summed E-state index contributed by atoms with van der Waals surface area (Å²) in [6, 6.07) is 35.7. The monoisotopic (exact) mass is 1500 g/mol. The molecule has 0 spiro atoms. The fourth-order valence-electron chi connectivity index (χ4n) is 11.2. The van der Waals surface area contributed by atoms with Gasteiger partial charge in [-0.15, -0.1) is 0 Å². The second-order valence-electron chi connectivity index (χ2n) is 22.3. The summed E-state index contributed by atoms with van der Waals surface area (Å²) in [6.07, 6.45) is -52.3. The Morgan fingerprint density at radius 2 is 0.449 bits per heavy atom. The molecule has 9 rings (SSSR count). The van der Waals surface area contributed by atoms with Gasteiger partial charge in [-0.25, -0.2) is 0 Å². The van der Waals surface area contributed by atoms with Gasteiger partial charge in [0, 0.05) is 0 Å². The van der Waals surface area contributed by atoms with Crippen LogP contribution in [0.25, 0.3) is 0 Å². The van der Waals surface area contributed by atoms with E-state index in [4.69, 9.17) is 5.00 Å². The van der Waals surface area contributed by atoms with E-state index in [0.29, 0.717) is 0 Å². The van der Waals surface area contributed by atoms with Gasteiger partial charge in [0.25, 0.3) is 0 Å². The van der Waals surface area contributed by atoms with Gasteiger partial charge < -0.3 is 0 Å². The first-order chi connectivity index (χ1) is 44.7. The summed E-state index contributed by atoms with van der Waals surface area (Å²) in [4.78, 5) is 0. The molecule has 0 amide bonds. The molecular formula is C68H53BF24FeNP3+2. The summed E-state index contributed by atoms with van der Waals surface area (Å²) in [5.74, 6) is 0. The van der Waals surface area contributed by atoms with Crippen molar-refractivity contribution in [3.63, 3.8) is 0 Å². The van der Waals surface area contributed by atoms with Crippen molar-refractivity contribution >= 4 is 73.9 Å². The zero-order valence-electron chi connectivity index (χ0n) is 51.3. The molecule has 1 nitrogen and oxygen atoms in total. The maximum atomic E-state index is 14.2. The van der Waals surface area contributed by atoms with Crippen LogP contribution in [0.4, 0.5) is 105 Å². The Morgan fingerprint density at radius 3 is 0.571 bits per heavy atom. The van der Waals surface area contributed by atoms with Gasteiger partial charge in [-0.1, -0.05) is 156 Å². The minimum atomic E-state index is -6.13. The third-order valence-corrected chi connectivity index (χ3v) is 22.5. The second-order valence-corrected chi connectivity index (χ2v) is 27.5. The van der Waals surface area contributed by atoms with Crippen molar-refractivity contribution < 1.29 is 122 Å². The van der Waals surface area contributed by atoms with E-state index in [1.165, 1.54) is 61.4 Å². The van der Waals surface area contributed by atoms with Crippen LogP contribution in [0.1, 0.15) is 72.3 Å². The Kier molecular flexibility index (Phi) is 26.4.